The quantitative estimate of drug-likeness (QED) is 0.278. The minimum atomic E-state index is -0.368. The van der Waals surface area contributed by atoms with Crippen molar-refractivity contribution in [3.05, 3.63) is 77.1 Å². The normalized spacial score (nSPS) is 10.6. The minimum absolute atomic E-state index is 0.110. The minimum Gasteiger partial charge on any atom is -0.298 e. The van der Waals surface area contributed by atoms with Crippen molar-refractivity contribution in [2.75, 3.05) is 0 Å². The van der Waals surface area contributed by atoms with Crippen molar-refractivity contribution >= 4 is 17.4 Å². The summed E-state index contributed by atoms with van der Waals surface area (Å²) in [6, 6.07) is 10.4. The van der Waals surface area contributed by atoms with E-state index in [9.17, 15) is 10.1 Å². The first-order valence-electron chi connectivity index (χ1n) is 7.50. The maximum absolute atomic E-state index is 11.1. The van der Waals surface area contributed by atoms with Crippen LogP contribution in [0.4, 0.5) is 5.69 Å². The van der Waals surface area contributed by atoms with Crippen LogP contribution in [-0.4, -0.2) is 24.7 Å². The topological polar surface area (TPSA) is 86.7 Å². The predicted molar refractivity (Wildman–Crippen MR) is 96.1 cm³/mol. The molecule has 2 aromatic heterocycles. The Bertz CT molecular complexity index is 895. The number of aromatic nitrogens is 4. The van der Waals surface area contributed by atoms with Crippen LogP contribution in [0.5, 0.6) is 0 Å². The van der Waals surface area contributed by atoms with Crippen molar-refractivity contribution in [1.82, 2.24) is 19.7 Å². The van der Waals surface area contributed by atoms with Crippen molar-refractivity contribution in [2.24, 2.45) is 0 Å². The van der Waals surface area contributed by atoms with Crippen LogP contribution < -0.4 is 0 Å². The number of para-hydroxylation sites is 1. The summed E-state index contributed by atoms with van der Waals surface area (Å²) in [5.41, 5.74) is 1.66. The van der Waals surface area contributed by atoms with Gasteiger partial charge < -0.3 is 0 Å². The van der Waals surface area contributed by atoms with E-state index in [1.807, 2.05) is 16.7 Å². The number of benzene rings is 1. The third-order valence-corrected chi connectivity index (χ3v) is 4.53. The number of rotatable bonds is 7. The highest BCUT2D eigenvalue weighted by atomic mass is 32.2. The molecule has 0 aliphatic rings. The van der Waals surface area contributed by atoms with Crippen LogP contribution in [0.15, 0.2) is 66.6 Å². The molecule has 0 radical (unpaired) electrons. The van der Waals surface area contributed by atoms with Crippen LogP contribution in [-0.2, 0) is 12.3 Å². The summed E-state index contributed by atoms with van der Waals surface area (Å²) in [5.74, 6) is 1.15. The number of hydrogen-bond acceptors (Lipinski definition) is 6. The largest absolute Gasteiger partial charge is 0.298 e. The van der Waals surface area contributed by atoms with Crippen LogP contribution >= 0.6 is 11.8 Å². The molecule has 0 amide bonds. The summed E-state index contributed by atoms with van der Waals surface area (Å²) in [4.78, 5) is 14.8. The molecule has 0 aliphatic carbocycles. The lowest BCUT2D eigenvalue weighted by molar-refractivity contribution is -0.385. The van der Waals surface area contributed by atoms with Crippen LogP contribution in [0, 0.1) is 10.1 Å². The maximum atomic E-state index is 11.1. The van der Waals surface area contributed by atoms with Gasteiger partial charge in [-0.1, -0.05) is 36.0 Å². The Kier molecular flexibility index (Phi) is 5.20. The average molecular weight is 353 g/mol. The highest BCUT2D eigenvalue weighted by molar-refractivity contribution is 7.98. The number of nitro benzene ring substituents is 1. The van der Waals surface area contributed by atoms with E-state index >= 15 is 0 Å². The highest BCUT2D eigenvalue weighted by Crippen LogP contribution is 2.29. The standard InChI is InChI=1S/C17H15N5O2S/c1-2-11-21-16(13-7-9-18-10-8-13)19-20-17(21)25-12-14-5-3-4-6-15(14)22(23)24/h2-10H,1,11-12H2. The second kappa shape index (κ2) is 7.71. The van der Waals surface area contributed by atoms with Gasteiger partial charge in [-0.15, -0.1) is 16.8 Å². The van der Waals surface area contributed by atoms with E-state index in [1.54, 1.807) is 36.7 Å². The molecule has 7 nitrogen and oxygen atoms in total. The maximum Gasteiger partial charge on any atom is 0.273 e. The van der Waals surface area contributed by atoms with Crippen LogP contribution in [0.1, 0.15) is 5.56 Å². The Morgan fingerprint density at radius 3 is 2.68 bits per heavy atom. The molecule has 0 atom stereocenters. The molecule has 3 aromatic rings. The second-order valence-corrected chi connectivity index (χ2v) is 6.06. The van der Waals surface area contributed by atoms with Gasteiger partial charge in [0.1, 0.15) is 0 Å². The molecule has 0 saturated heterocycles. The third kappa shape index (κ3) is 3.74. The van der Waals surface area contributed by atoms with Gasteiger partial charge in [-0.3, -0.25) is 19.7 Å². The molecule has 0 bridgehead atoms. The zero-order valence-electron chi connectivity index (χ0n) is 13.3. The highest BCUT2D eigenvalue weighted by Gasteiger charge is 2.16. The number of hydrogen-bond donors (Lipinski definition) is 0. The predicted octanol–water partition coefficient (Wildman–Crippen LogP) is 3.73. The zero-order valence-corrected chi connectivity index (χ0v) is 14.1. The summed E-state index contributed by atoms with van der Waals surface area (Å²) >= 11 is 1.41. The Balaban J connectivity index is 1.88. The number of allylic oxidation sites excluding steroid dienone is 1. The van der Waals surface area contributed by atoms with E-state index < -0.39 is 0 Å². The molecule has 8 heteroatoms. The van der Waals surface area contributed by atoms with Crippen molar-refractivity contribution < 1.29 is 4.92 Å². The lowest BCUT2D eigenvalue weighted by Gasteiger charge is -2.07. The van der Waals surface area contributed by atoms with Gasteiger partial charge in [0, 0.05) is 41.9 Å². The number of nitro groups is 1. The lowest BCUT2D eigenvalue weighted by Crippen LogP contribution is -2.01. The summed E-state index contributed by atoms with van der Waals surface area (Å²) in [6.45, 7) is 4.33. The first kappa shape index (κ1) is 16.8. The Hall–Kier alpha value is -3.00. The van der Waals surface area contributed by atoms with E-state index in [0.29, 0.717) is 28.8 Å². The Labute approximate surface area is 148 Å². The summed E-state index contributed by atoms with van der Waals surface area (Å²) in [5, 5.41) is 20.3. The monoisotopic (exact) mass is 353 g/mol. The van der Waals surface area contributed by atoms with Gasteiger partial charge in [0.2, 0.25) is 0 Å². The molecule has 25 heavy (non-hydrogen) atoms. The van der Waals surface area contributed by atoms with Gasteiger partial charge in [-0.25, -0.2) is 0 Å². The third-order valence-electron chi connectivity index (χ3n) is 3.51. The SMILES string of the molecule is C=CCn1c(SCc2ccccc2[N+](=O)[O-])nnc1-c1ccncc1. The van der Waals surface area contributed by atoms with Crippen LogP contribution in [0.25, 0.3) is 11.4 Å². The van der Waals surface area contributed by atoms with Crippen molar-refractivity contribution in [3.8, 4) is 11.4 Å². The van der Waals surface area contributed by atoms with Crippen LogP contribution in [0.3, 0.4) is 0 Å². The summed E-state index contributed by atoms with van der Waals surface area (Å²) in [7, 11) is 0. The fraction of sp³-hybridized carbons (Fsp3) is 0.118. The molecule has 1 aromatic carbocycles. The van der Waals surface area contributed by atoms with Crippen molar-refractivity contribution in [1.29, 1.82) is 0 Å². The molecular formula is C17H15N5O2S. The number of nitrogens with zero attached hydrogens (tertiary/aromatic N) is 5. The molecular weight excluding hydrogens is 338 g/mol. The molecule has 0 spiro atoms. The first-order chi connectivity index (χ1) is 12.2. The fourth-order valence-corrected chi connectivity index (χ4v) is 3.30. The van der Waals surface area contributed by atoms with E-state index in [1.165, 1.54) is 17.8 Å². The Morgan fingerprint density at radius 2 is 1.96 bits per heavy atom. The second-order valence-electron chi connectivity index (χ2n) is 5.12. The van der Waals surface area contributed by atoms with Crippen molar-refractivity contribution in [3.63, 3.8) is 0 Å². The average Bonchev–Trinajstić information content (AvgIpc) is 3.04. The van der Waals surface area contributed by atoms with Crippen LogP contribution in [0.2, 0.25) is 0 Å². The van der Waals surface area contributed by atoms with E-state index in [-0.39, 0.29) is 10.6 Å². The molecule has 126 valence electrons. The molecule has 0 saturated carbocycles. The van der Waals surface area contributed by atoms with E-state index in [0.717, 1.165) is 5.56 Å². The van der Waals surface area contributed by atoms with Gasteiger partial charge in [0.15, 0.2) is 11.0 Å². The smallest absolute Gasteiger partial charge is 0.273 e. The van der Waals surface area contributed by atoms with Gasteiger partial charge in [0.05, 0.1) is 4.92 Å². The summed E-state index contributed by atoms with van der Waals surface area (Å²) < 4.78 is 1.93. The van der Waals surface area contributed by atoms with Gasteiger partial charge in [-0.05, 0) is 12.1 Å². The van der Waals surface area contributed by atoms with E-state index in [4.69, 9.17) is 0 Å². The first-order valence-corrected chi connectivity index (χ1v) is 8.49. The zero-order chi connectivity index (χ0) is 17.6. The lowest BCUT2D eigenvalue weighted by atomic mass is 10.2. The number of pyridine rings is 1. The molecule has 0 aliphatic heterocycles. The molecule has 3 rings (SSSR count). The van der Waals surface area contributed by atoms with E-state index in [2.05, 4.69) is 21.8 Å². The molecule has 0 N–H and O–H groups in total. The van der Waals surface area contributed by atoms with Gasteiger partial charge in [-0.2, -0.15) is 0 Å². The van der Waals surface area contributed by atoms with Gasteiger partial charge in [0.25, 0.3) is 5.69 Å². The molecule has 2 heterocycles. The van der Waals surface area contributed by atoms with Gasteiger partial charge >= 0.3 is 0 Å². The molecule has 0 unspecified atom stereocenters. The Morgan fingerprint density at radius 1 is 1.20 bits per heavy atom. The fourth-order valence-electron chi connectivity index (χ4n) is 2.36. The molecule has 0 fully saturated rings. The number of thioether (sulfide) groups is 1. The summed E-state index contributed by atoms with van der Waals surface area (Å²) in [6.07, 6.45) is 5.16. The van der Waals surface area contributed by atoms with Crippen molar-refractivity contribution in [2.45, 2.75) is 17.5 Å².